The van der Waals surface area contributed by atoms with Gasteiger partial charge in [-0.1, -0.05) is 24.8 Å². The summed E-state index contributed by atoms with van der Waals surface area (Å²) in [7, 11) is 0. The standard InChI is InChI=1S/C18H22N2OS/c1-5-14(4)20-17(21)16-7-6-10-19-18(16)22-15-9-8-12(2)13(3)11-15/h6-11,14H,5H2,1-4H3,(H,20,21). The second kappa shape index (κ2) is 7.45. The van der Waals surface area contributed by atoms with Crippen molar-refractivity contribution in [3.05, 3.63) is 53.2 Å². The smallest absolute Gasteiger partial charge is 0.254 e. The fraction of sp³-hybridized carbons (Fsp3) is 0.333. The number of rotatable bonds is 5. The van der Waals surface area contributed by atoms with Crippen molar-refractivity contribution < 1.29 is 4.79 Å². The lowest BCUT2D eigenvalue weighted by Gasteiger charge is -2.13. The van der Waals surface area contributed by atoms with Crippen LogP contribution in [-0.4, -0.2) is 16.9 Å². The second-order valence-electron chi connectivity index (χ2n) is 5.49. The van der Waals surface area contributed by atoms with Gasteiger partial charge in [0.25, 0.3) is 5.91 Å². The molecule has 22 heavy (non-hydrogen) atoms. The minimum atomic E-state index is -0.0613. The highest BCUT2D eigenvalue weighted by atomic mass is 32.2. The number of carbonyl (C=O) groups is 1. The largest absolute Gasteiger partial charge is 0.350 e. The summed E-state index contributed by atoms with van der Waals surface area (Å²) in [5.74, 6) is -0.0613. The van der Waals surface area contributed by atoms with E-state index in [1.807, 2.05) is 13.0 Å². The van der Waals surface area contributed by atoms with E-state index in [1.54, 1.807) is 12.3 Å². The third-order valence-electron chi connectivity index (χ3n) is 3.70. The van der Waals surface area contributed by atoms with Crippen molar-refractivity contribution in [1.29, 1.82) is 0 Å². The lowest BCUT2D eigenvalue weighted by atomic mass is 10.1. The van der Waals surface area contributed by atoms with Crippen molar-refractivity contribution >= 4 is 17.7 Å². The van der Waals surface area contributed by atoms with Crippen LogP contribution in [0.25, 0.3) is 0 Å². The van der Waals surface area contributed by atoms with Crippen molar-refractivity contribution in [2.75, 3.05) is 0 Å². The highest BCUT2D eigenvalue weighted by molar-refractivity contribution is 7.99. The fourth-order valence-corrected chi connectivity index (χ4v) is 2.92. The Morgan fingerprint density at radius 1 is 1.27 bits per heavy atom. The summed E-state index contributed by atoms with van der Waals surface area (Å²) in [6.07, 6.45) is 2.63. The molecule has 2 rings (SSSR count). The minimum absolute atomic E-state index is 0.0613. The van der Waals surface area contributed by atoms with Gasteiger partial charge >= 0.3 is 0 Å². The van der Waals surface area contributed by atoms with E-state index in [4.69, 9.17) is 0 Å². The van der Waals surface area contributed by atoms with Crippen LogP contribution in [0, 0.1) is 13.8 Å². The van der Waals surface area contributed by atoms with E-state index in [-0.39, 0.29) is 11.9 Å². The first-order chi connectivity index (χ1) is 10.5. The van der Waals surface area contributed by atoms with Crippen LogP contribution in [0.4, 0.5) is 0 Å². The van der Waals surface area contributed by atoms with Gasteiger partial charge < -0.3 is 5.32 Å². The van der Waals surface area contributed by atoms with Crippen LogP contribution in [0.1, 0.15) is 41.8 Å². The van der Waals surface area contributed by atoms with Crippen molar-refractivity contribution in [3.8, 4) is 0 Å². The predicted molar refractivity (Wildman–Crippen MR) is 91.5 cm³/mol. The third-order valence-corrected chi connectivity index (χ3v) is 4.71. The van der Waals surface area contributed by atoms with E-state index in [9.17, 15) is 4.79 Å². The van der Waals surface area contributed by atoms with Gasteiger partial charge in [-0.2, -0.15) is 0 Å². The summed E-state index contributed by atoms with van der Waals surface area (Å²) >= 11 is 1.53. The molecule has 3 nitrogen and oxygen atoms in total. The lowest BCUT2D eigenvalue weighted by Crippen LogP contribution is -2.32. The number of nitrogens with zero attached hydrogens (tertiary/aromatic N) is 1. The minimum Gasteiger partial charge on any atom is -0.350 e. The molecule has 1 aromatic heterocycles. The first-order valence-corrected chi connectivity index (χ1v) is 8.34. The monoisotopic (exact) mass is 314 g/mol. The van der Waals surface area contributed by atoms with Crippen LogP contribution < -0.4 is 5.32 Å². The van der Waals surface area contributed by atoms with E-state index >= 15 is 0 Å². The van der Waals surface area contributed by atoms with Crippen LogP contribution in [0.15, 0.2) is 46.5 Å². The average Bonchev–Trinajstić information content (AvgIpc) is 2.51. The maximum Gasteiger partial charge on any atom is 0.254 e. The Bertz CT molecular complexity index is 670. The molecule has 1 atom stereocenters. The van der Waals surface area contributed by atoms with Crippen molar-refractivity contribution in [1.82, 2.24) is 10.3 Å². The number of amides is 1. The van der Waals surface area contributed by atoms with Gasteiger partial charge in [0, 0.05) is 17.1 Å². The number of nitrogens with one attached hydrogen (secondary N) is 1. The first kappa shape index (κ1) is 16.6. The van der Waals surface area contributed by atoms with Crippen LogP contribution >= 0.6 is 11.8 Å². The molecule has 4 heteroatoms. The molecule has 0 aliphatic heterocycles. The molecule has 1 heterocycles. The van der Waals surface area contributed by atoms with E-state index in [0.29, 0.717) is 5.56 Å². The molecule has 0 fully saturated rings. The number of benzene rings is 1. The summed E-state index contributed by atoms with van der Waals surface area (Å²) in [4.78, 5) is 17.9. The molecule has 1 aromatic carbocycles. The number of aryl methyl sites for hydroxylation is 2. The summed E-state index contributed by atoms with van der Waals surface area (Å²) < 4.78 is 0. The maximum atomic E-state index is 12.4. The number of aromatic nitrogens is 1. The van der Waals surface area contributed by atoms with Gasteiger partial charge in [-0.15, -0.1) is 0 Å². The Hall–Kier alpha value is -1.81. The predicted octanol–water partition coefficient (Wildman–Crippen LogP) is 4.38. The summed E-state index contributed by atoms with van der Waals surface area (Å²) in [6, 6.07) is 10.1. The molecule has 1 amide bonds. The van der Waals surface area contributed by atoms with E-state index in [2.05, 4.69) is 49.3 Å². The molecular formula is C18H22N2OS. The summed E-state index contributed by atoms with van der Waals surface area (Å²) in [5.41, 5.74) is 3.14. The lowest BCUT2D eigenvalue weighted by molar-refractivity contribution is 0.0935. The molecule has 0 radical (unpaired) electrons. The van der Waals surface area contributed by atoms with Crippen molar-refractivity contribution in [2.45, 2.75) is 50.1 Å². The highest BCUT2D eigenvalue weighted by Gasteiger charge is 2.15. The molecule has 1 unspecified atom stereocenters. The van der Waals surface area contributed by atoms with E-state index in [0.717, 1.165) is 16.3 Å². The topological polar surface area (TPSA) is 42.0 Å². The maximum absolute atomic E-state index is 12.4. The molecule has 0 aliphatic rings. The molecule has 0 saturated carbocycles. The zero-order chi connectivity index (χ0) is 16.1. The Labute approximate surface area is 136 Å². The number of pyridine rings is 1. The van der Waals surface area contributed by atoms with Crippen LogP contribution in [-0.2, 0) is 0 Å². The molecular weight excluding hydrogens is 292 g/mol. The third kappa shape index (κ3) is 4.10. The molecule has 0 spiro atoms. The van der Waals surface area contributed by atoms with Crippen LogP contribution in [0.3, 0.4) is 0 Å². The van der Waals surface area contributed by atoms with Gasteiger partial charge in [0.1, 0.15) is 5.03 Å². The fourth-order valence-electron chi connectivity index (χ4n) is 1.94. The van der Waals surface area contributed by atoms with Gasteiger partial charge in [0.2, 0.25) is 0 Å². The van der Waals surface area contributed by atoms with Gasteiger partial charge in [-0.05, 0) is 62.6 Å². The Kier molecular flexibility index (Phi) is 5.61. The molecule has 116 valence electrons. The molecule has 0 aliphatic carbocycles. The van der Waals surface area contributed by atoms with Crippen LogP contribution in [0.2, 0.25) is 0 Å². The van der Waals surface area contributed by atoms with Gasteiger partial charge in [0.15, 0.2) is 0 Å². The van der Waals surface area contributed by atoms with E-state index < -0.39 is 0 Å². The first-order valence-electron chi connectivity index (χ1n) is 7.52. The number of hydrogen-bond donors (Lipinski definition) is 1. The molecule has 2 aromatic rings. The van der Waals surface area contributed by atoms with Crippen LogP contribution in [0.5, 0.6) is 0 Å². The highest BCUT2D eigenvalue weighted by Crippen LogP contribution is 2.29. The Morgan fingerprint density at radius 2 is 2.05 bits per heavy atom. The van der Waals surface area contributed by atoms with Gasteiger partial charge in [-0.3, -0.25) is 4.79 Å². The molecule has 0 saturated heterocycles. The Balaban J connectivity index is 2.24. The number of carbonyl (C=O) groups excluding carboxylic acids is 1. The quantitative estimate of drug-likeness (QED) is 0.890. The molecule has 0 bridgehead atoms. The SMILES string of the molecule is CCC(C)NC(=O)c1cccnc1Sc1ccc(C)c(C)c1. The zero-order valence-corrected chi connectivity index (χ0v) is 14.3. The van der Waals surface area contributed by atoms with Gasteiger partial charge in [0.05, 0.1) is 5.56 Å². The van der Waals surface area contributed by atoms with Gasteiger partial charge in [-0.25, -0.2) is 4.98 Å². The summed E-state index contributed by atoms with van der Waals surface area (Å²) in [5, 5.41) is 3.74. The molecule has 1 N–H and O–H groups in total. The zero-order valence-electron chi connectivity index (χ0n) is 13.5. The van der Waals surface area contributed by atoms with Crippen molar-refractivity contribution in [2.24, 2.45) is 0 Å². The van der Waals surface area contributed by atoms with Crippen molar-refractivity contribution in [3.63, 3.8) is 0 Å². The second-order valence-corrected chi connectivity index (χ2v) is 6.55. The van der Waals surface area contributed by atoms with E-state index in [1.165, 1.54) is 22.9 Å². The Morgan fingerprint density at radius 3 is 2.73 bits per heavy atom. The number of hydrogen-bond acceptors (Lipinski definition) is 3. The average molecular weight is 314 g/mol. The summed E-state index contributed by atoms with van der Waals surface area (Å²) in [6.45, 7) is 8.24. The normalized spacial score (nSPS) is 12.0.